The number of rotatable bonds is 3. The van der Waals surface area contributed by atoms with E-state index in [2.05, 4.69) is 6.58 Å². The van der Waals surface area contributed by atoms with Crippen molar-refractivity contribution in [3.05, 3.63) is 52.8 Å². The van der Waals surface area contributed by atoms with Crippen LogP contribution in [0.15, 0.2) is 52.1 Å². The van der Waals surface area contributed by atoms with E-state index in [0.29, 0.717) is 4.90 Å². The van der Waals surface area contributed by atoms with Crippen molar-refractivity contribution < 1.29 is 8.42 Å². The van der Waals surface area contributed by atoms with E-state index in [1.165, 1.54) is 11.8 Å². The van der Waals surface area contributed by atoms with Crippen LogP contribution < -0.4 is 0 Å². The number of allylic oxidation sites excluding steroid dienone is 2. The van der Waals surface area contributed by atoms with Crippen molar-refractivity contribution in [2.75, 3.05) is 5.75 Å². The Morgan fingerprint density at radius 3 is 2.47 bits per heavy atom. The van der Waals surface area contributed by atoms with Crippen LogP contribution in [-0.2, 0) is 9.84 Å². The monoisotopic (exact) mass is 266 g/mol. The van der Waals surface area contributed by atoms with Gasteiger partial charge in [-0.2, -0.15) is 0 Å². The molecule has 0 N–H and O–H groups in total. The standard InChI is InChI=1S/C13H14O2S2/c1-10-3-5-13(6-4-10)17(14,15)9-12-7-8-16-11(12)2/h3-8,12H,2,9H2,1H3. The van der Waals surface area contributed by atoms with Crippen LogP contribution in [0.4, 0.5) is 0 Å². The predicted octanol–water partition coefficient (Wildman–Crippen LogP) is 3.16. The number of hydrogen-bond acceptors (Lipinski definition) is 3. The SMILES string of the molecule is C=C1SC=CC1CS(=O)(=O)c1ccc(C)cc1. The second-order valence-electron chi connectivity index (χ2n) is 4.11. The van der Waals surface area contributed by atoms with E-state index < -0.39 is 9.84 Å². The van der Waals surface area contributed by atoms with Gasteiger partial charge in [-0.05, 0) is 29.4 Å². The lowest BCUT2D eigenvalue weighted by Crippen LogP contribution is -2.14. The highest BCUT2D eigenvalue weighted by Crippen LogP contribution is 2.34. The summed E-state index contributed by atoms with van der Waals surface area (Å²) in [5.74, 6) is 0.0459. The molecule has 1 heterocycles. The molecule has 1 unspecified atom stereocenters. The molecule has 1 aromatic rings. The molecule has 0 amide bonds. The Bertz CT molecular complexity index is 554. The molecular formula is C13H14O2S2. The first kappa shape index (κ1) is 12.5. The maximum atomic E-state index is 12.2. The van der Waals surface area contributed by atoms with Crippen molar-refractivity contribution in [3.63, 3.8) is 0 Å². The molecule has 0 saturated heterocycles. The van der Waals surface area contributed by atoms with Gasteiger partial charge in [0.25, 0.3) is 0 Å². The quantitative estimate of drug-likeness (QED) is 0.842. The lowest BCUT2D eigenvalue weighted by atomic mass is 10.2. The average Bonchev–Trinajstić information content (AvgIpc) is 2.64. The lowest BCUT2D eigenvalue weighted by molar-refractivity contribution is 0.591. The Labute approximate surface area is 106 Å². The van der Waals surface area contributed by atoms with Crippen LogP contribution in [-0.4, -0.2) is 14.2 Å². The Kier molecular flexibility index (Phi) is 3.45. The van der Waals surface area contributed by atoms with Crippen LogP contribution in [0.1, 0.15) is 5.56 Å². The van der Waals surface area contributed by atoms with Gasteiger partial charge in [0, 0.05) is 5.92 Å². The van der Waals surface area contributed by atoms with Crippen molar-refractivity contribution in [1.29, 1.82) is 0 Å². The van der Waals surface area contributed by atoms with Crippen LogP contribution in [0, 0.1) is 12.8 Å². The van der Waals surface area contributed by atoms with E-state index in [4.69, 9.17) is 0 Å². The zero-order valence-corrected chi connectivity index (χ0v) is 11.2. The highest BCUT2D eigenvalue weighted by Gasteiger charge is 2.23. The molecule has 0 fully saturated rings. The van der Waals surface area contributed by atoms with E-state index in [9.17, 15) is 8.42 Å². The molecule has 1 atom stereocenters. The zero-order valence-electron chi connectivity index (χ0n) is 9.59. The Hall–Kier alpha value is -1.00. The Morgan fingerprint density at radius 2 is 1.94 bits per heavy atom. The summed E-state index contributed by atoms with van der Waals surface area (Å²) in [6.07, 6.45) is 1.90. The van der Waals surface area contributed by atoms with Crippen LogP contribution in [0.5, 0.6) is 0 Å². The van der Waals surface area contributed by atoms with Crippen LogP contribution in [0.25, 0.3) is 0 Å². The van der Waals surface area contributed by atoms with Gasteiger partial charge in [0.15, 0.2) is 9.84 Å². The summed E-state index contributed by atoms with van der Waals surface area (Å²) < 4.78 is 24.3. The third-order valence-electron chi connectivity index (χ3n) is 2.72. The van der Waals surface area contributed by atoms with Crippen LogP contribution in [0.3, 0.4) is 0 Å². The molecule has 0 saturated carbocycles. The van der Waals surface area contributed by atoms with Gasteiger partial charge >= 0.3 is 0 Å². The largest absolute Gasteiger partial charge is 0.224 e. The van der Waals surface area contributed by atoms with Gasteiger partial charge < -0.3 is 0 Å². The fourth-order valence-corrected chi connectivity index (χ4v) is 4.06. The summed E-state index contributed by atoms with van der Waals surface area (Å²) in [6.45, 7) is 5.80. The number of thioether (sulfide) groups is 1. The topological polar surface area (TPSA) is 34.1 Å². The van der Waals surface area contributed by atoms with E-state index in [-0.39, 0.29) is 11.7 Å². The summed E-state index contributed by atoms with van der Waals surface area (Å²) in [4.78, 5) is 1.29. The van der Waals surface area contributed by atoms with Crippen molar-refractivity contribution in [3.8, 4) is 0 Å². The van der Waals surface area contributed by atoms with Gasteiger partial charge in [-0.1, -0.05) is 30.4 Å². The molecule has 0 aliphatic carbocycles. The van der Waals surface area contributed by atoms with Crippen molar-refractivity contribution in [2.24, 2.45) is 5.92 Å². The first-order chi connectivity index (χ1) is 7.99. The third kappa shape index (κ3) is 2.82. The minimum atomic E-state index is -3.22. The average molecular weight is 266 g/mol. The van der Waals surface area contributed by atoms with Crippen LogP contribution in [0.2, 0.25) is 0 Å². The minimum absolute atomic E-state index is 0.0636. The van der Waals surface area contributed by atoms with Gasteiger partial charge in [-0.3, -0.25) is 0 Å². The number of sulfone groups is 1. The van der Waals surface area contributed by atoms with Gasteiger partial charge in [-0.25, -0.2) is 8.42 Å². The number of hydrogen-bond donors (Lipinski definition) is 0. The fraction of sp³-hybridized carbons (Fsp3) is 0.231. The maximum absolute atomic E-state index is 12.2. The van der Waals surface area contributed by atoms with Gasteiger partial charge in [0.1, 0.15) is 0 Å². The normalized spacial score (nSPS) is 19.8. The van der Waals surface area contributed by atoms with E-state index in [1.54, 1.807) is 12.1 Å². The van der Waals surface area contributed by atoms with Crippen molar-refractivity contribution in [1.82, 2.24) is 0 Å². The Balaban J connectivity index is 2.22. The van der Waals surface area contributed by atoms with E-state index in [0.717, 1.165) is 10.5 Å². The number of aryl methyl sites for hydroxylation is 1. The Morgan fingerprint density at radius 1 is 1.29 bits per heavy atom. The van der Waals surface area contributed by atoms with Crippen molar-refractivity contribution in [2.45, 2.75) is 11.8 Å². The molecule has 90 valence electrons. The van der Waals surface area contributed by atoms with Gasteiger partial charge in [0.2, 0.25) is 0 Å². The second-order valence-corrected chi connectivity index (χ2v) is 7.18. The summed E-state index contributed by atoms with van der Waals surface area (Å²) in [5, 5.41) is 1.90. The van der Waals surface area contributed by atoms with E-state index in [1.807, 2.05) is 30.5 Å². The minimum Gasteiger partial charge on any atom is -0.224 e. The molecular weight excluding hydrogens is 252 g/mol. The molecule has 1 aliphatic heterocycles. The highest BCUT2D eigenvalue weighted by atomic mass is 32.2. The molecule has 0 bridgehead atoms. The summed E-state index contributed by atoms with van der Waals surface area (Å²) >= 11 is 1.50. The maximum Gasteiger partial charge on any atom is 0.179 e. The zero-order chi connectivity index (χ0) is 12.5. The van der Waals surface area contributed by atoms with Gasteiger partial charge in [0.05, 0.1) is 10.6 Å². The first-order valence-corrected chi connectivity index (χ1v) is 7.84. The molecule has 17 heavy (non-hydrogen) atoms. The molecule has 2 rings (SSSR count). The molecule has 0 spiro atoms. The first-order valence-electron chi connectivity index (χ1n) is 5.30. The second kappa shape index (κ2) is 4.70. The van der Waals surface area contributed by atoms with Gasteiger partial charge in [-0.15, -0.1) is 11.8 Å². The lowest BCUT2D eigenvalue weighted by Gasteiger charge is -2.10. The number of benzene rings is 1. The molecule has 0 aromatic heterocycles. The van der Waals surface area contributed by atoms with E-state index >= 15 is 0 Å². The predicted molar refractivity (Wildman–Crippen MR) is 72.6 cm³/mol. The molecule has 1 aromatic carbocycles. The molecule has 2 nitrogen and oxygen atoms in total. The molecule has 4 heteroatoms. The third-order valence-corrected chi connectivity index (χ3v) is 5.41. The summed E-state index contributed by atoms with van der Waals surface area (Å²) in [5.41, 5.74) is 1.06. The molecule has 1 aliphatic rings. The fourth-order valence-electron chi connectivity index (χ4n) is 1.64. The summed E-state index contributed by atoms with van der Waals surface area (Å²) in [7, 11) is -3.22. The molecule has 0 radical (unpaired) electrons. The van der Waals surface area contributed by atoms with Crippen LogP contribution >= 0.6 is 11.8 Å². The highest BCUT2D eigenvalue weighted by molar-refractivity contribution is 8.06. The smallest absolute Gasteiger partial charge is 0.179 e. The van der Waals surface area contributed by atoms with Crippen molar-refractivity contribution >= 4 is 21.6 Å². The summed E-state index contributed by atoms with van der Waals surface area (Å²) in [6, 6.07) is 6.97.